The van der Waals surface area contributed by atoms with Crippen LogP contribution in [-0.4, -0.2) is 19.2 Å². The Labute approximate surface area is 77.1 Å². The second-order valence-electron chi connectivity index (χ2n) is 3.06. The number of hydrogen-bond acceptors (Lipinski definition) is 3. The summed E-state index contributed by atoms with van der Waals surface area (Å²) in [5, 5.41) is 0. The lowest BCUT2D eigenvalue weighted by molar-refractivity contribution is 0.585. The largest absolute Gasteiger partial charge is 0.264 e. The second kappa shape index (κ2) is 3.08. The van der Waals surface area contributed by atoms with Gasteiger partial charge in [0.15, 0.2) is 0 Å². The molecule has 1 aliphatic rings. The van der Waals surface area contributed by atoms with Gasteiger partial charge in [-0.25, -0.2) is 13.1 Å². The molecule has 5 heteroatoms. The molecule has 0 radical (unpaired) electrons. The predicted octanol–water partition coefficient (Wildman–Crippen LogP) is 0.446. The molecule has 1 fully saturated rings. The van der Waals surface area contributed by atoms with E-state index in [1.807, 2.05) is 12.1 Å². The van der Waals surface area contributed by atoms with Crippen molar-refractivity contribution in [3.63, 3.8) is 0 Å². The van der Waals surface area contributed by atoms with Gasteiger partial charge in [-0.1, -0.05) is 6.07 Å². The molecule has 1 aromatic rings. The van der Waals surface area contributed by atoms with Crippen molar-refractivity contribution < 1.29 is 8.42 Å². The van der Waals surface area contributed by atoms with E-state index in [9.17, 15) is 8.42 Å². The summed E-state index contributed by atoms with van der Waals surface area (Å²) in [5.41, 5.74) is 0.934. The van der Waals surface area contributed by atoms with Gasteiger partial charge in [-0.15, -0.1) is 0 Å². The standard InChI is InChI=1S/C8H10N2O2S/c11-13(12)5-3-8(10-13)7-2-1-4-9-6-7/h1-2,4,6,8,10H,3,5H2. The van der Waals surface area contributed by atoms with E-state index < -0.39 is 10.0 Å². The van der Waals surface area contributed by atoms with E-state index in [-0.39, 0.29) is 11.8 Å². The third-order valence-electron chi connectivity index (χ3n) is 2.08. The predicted molar refractivity (Wildman–Crippen MR) is 48.5 cm³/mol. The molecule has 1 N–H and O–H groups in total. The molecule has 0 aromatic carbocycles. The Morgan fingerprint density at radius 3 is 2.92 bits per heavy atom. The summed E-state index contributed by atoms with van der Waals surface area (Å²) in [6.45, 7) is 0. The van der Waals surface area contributed by atoms with Crippen molar-refractivity contribution in [3.05, 3.63) is 30.1 Å². The van der Waals surface area contributed by atoms with Crippen molar-refractivity contribution in [2.24, 2.45) is 0 Å². The summed E-state index contributed by atoms with van der Waals surface area (Å²) >= 11 is 0. The van der Waals surface area contributed by atoms with Crippen LogP contribution < -0.4 is 4.72 Å². The van der Waals surface area contributed by atoms with Gasteiger partial charge in [0.25, 0.3) is 0 Å². The van der Waals surface area contributed by atoms with Gasteiger partial charge in [0.1, 0.15) is 0 Å². The molecule has 2 heterocycles. The van der Waals surface area contributed by atoms with Crippen LogP contribution in [0, 0.1) is 0 Å². The smallest absolute Gasteiger partial charge is 0.212 e. The lowest BCUT2D eigenvalue weighted by Crippen LogP contribution is -2.19. The minimum absolute atomic E-state index is 0.0845. The van der Waals surface area contributed by atoms with Crippen LogP contribution in [-0.2, 0) is 10.0 Å². The van der Waals surface area contributed by atoms with Crippen LogP contribution in [0.4, 0.5) is 0 Å². The molecule has 1 atom stereocenters. The summed E-state index contributed by atoms with van der Waals surface area (Å²) in [7, 11) is -3.02. The number of nitrogens with zero attached hydrogens (tertiary/aromatic N) is 1. The lowest BCUT2D eigenvalue weighted by atomic mass is 10.1. The number of pyridine rings is 1. The highest BCUT2D eigenvalue weighted by Crippen LogP contribution is 2.22. The zero-order chi connectivity index (χ0) is 9.31. The lowest BCUT2D eigenvalue weighted by Gasteiger charge is -2.06. The van der Waals surface area contributed by atoms with Crippen LogP contribution in [0.1, 0.15) is 18.0 Å². The molecular weight excluding hydrogens is 188 g/mol. The van der Waals surface area contributed by atoms with Crippen molar-refractivity contribution in [3.8, 4) is 0 Å². The summed E-state index contributed by atoms with van der Waals surface area (Å²) < 4.78 is 24.7. The van der Waals surface area contributed by atoms with E-state index in [0.29, 0.717) is 6.42 Å². The van der Waals surface area contributed by atoms with Gasteiger partial charge in [0.2, 0.25) is 10.0 Å². The van der Waals surface area contributed by atoms with Gasteiger partial charge in [0, 0.05) is 18.4 Å². The topological polar surface area (TPSA) is 59.1 Å². The van der Waals surface area contributed by atoms with E-state index in [1.165, 1.54) is 0 Å². The van der Waals surface area contributed by atoms with Crippen molar-refractivity contribution >= 4 is 10.0 Å². The number of nitrogens with one attached hydrogen (secondary N) is 1. The van der Waals surface area contributed by atoms with Crippen LogP contribution in [0.2, 0.25) is 0 Å². The minimum Gasteiger partial charge on any atom is -0.264 e. The molecule has 13 heavy (non-hydrogen) atoms. The van der Waals surface area contributed by atoms with Crippen LogP contribution in [0.25, 0.3) is 0 Å². The molecule has 0 amide bonds. The SMILES string of the molecule is O=S1(=O)CCC(c2cccnc2)N1. The first kappa shape index (κ1) is 8.65. The molecule has 4 nitrogen and oxygen atoms in total. The van der Waals surface area contributed by atoms with E-state index >= 15 is 0 Å². The molecule has 1 aromatic heterocycles. The quantitative estimate of drug-likeness (QED) is 0.712. The maximum Gasteiger partial charge on any atom is 0.212 e. The average molecular weight is 198 g/mol. The van der Waals surface area contributed by atoms with Crippen LogP contribution in [0.5, 0.6) is 0 Å². The van der Waals surface area contributed by atoms with Crippen LogP contribution >= 0.6 is 0 Å². The number of aromatic nitrogens is 1. The highest BCUT2D eigenvalue weighted by molar-refractivity contribution is 7.89. The first-order valence-corrected chi connectivity index (χ1v) is 5.72. The molecule has 1 unspecified atom stereocenters. The Balaban J connectivity index is 2.22. The van der Waals surface area contributed by atoms with Crippen LogP contribution in [0.3, 0.4) is 0 Å². The van der Waals surface area contributed by atoms with E-state index in [4.69, 9.17) is 0 Å². The van der Waals surface area contributed by atoms with E-state index in [2.05, 4.69) is 9.71 Å². The fraction of sp³-hybridized carbons (Fsp3) is 0.375. The molecule has 1 saturated heterocycles. The van der Waals surface area contributed by atoms with Gasteiger partial charge < -0.3 is 0 Å². The summed E-state index contributed by atoms with van der Waals surface area (Å²) in [6.07, 6.45) is 4.00. The Hall–Kier alpha value is -0.940. The molecule has 0 saturated carbocycles. The number of hydrogen-bond donors (Lipinski definition) is 1. The van der Waals surface area contributed by atoms with E-state index in [1.54, 1.807) is 12.4 Å². The van der Waals surface area contributed by atoms with Crippen LogP contribution in [0.15, 0.2) is 24.5 Å². The van der Waals surface area contributed by atoms with Gasteiger partial charge in [-0.3, -0.25) is 4.98 Å². The van der Waals surface area contributed by atoms with Gasteiger partial charge in [0.05, 0.1) is 5.75 Å². The monoisotopic (exact) mass is 198 g/mol. The average Bonchev–Trinajstić information content (AvgIpc) is 2.48. The van der Waals surface area contributed by atoms with E-state index in [0.717, 1.165) is 5.56 Å². The molecule has 0 aliphatic carbocycles. The van der Waals surface area contributed by atoms with Gasteiger partial charge in [-0.05, 0) is 18.1 Å². The Morgan fingerprint density at radius 1 is 1.54 bits per heavy atom. The second-order valence-corrected chi connectivity index (χ2v) is 4.94. The Kier molecular flexibility index (Phi) is 2.05. The zero-order valence-corrected chi connectivity index (χ0v) is 7.79. The molecular formula is C8H10N2O2S. The van der Waals surface area contributed by atoms with Crippen molar-refractivity contribution in [2.75, 3.05) is 5.75 Å². The first-order chi connectivity index (χ1) is 6.17. The fourth-order valence-corrected chi connectivity index (χ4v) is 2.78. The molecule has 1 aliphatic heterocycles. The van der Waals surface area contributed by atoms with Gasteiger partial charge >= 0.3 is 0 Å². The Morgan fingerprint density at radius 2 is 2.38 bits per heavy atom. The maximum absolute atomic E-state index is 11.1. The molecule has 2 rings (SSSR count). The Bertz CT molecular complexity index is 388. The summed E-state index contributed by atoms with van der Waals surface area (Å²) in [5.74, 6) is 0.215. The third-order valence-corrected chi connectivity index (χ3v) is 3.50. The maximum atomic E-state index is 11.1. The van der Waals surface area contributed by atoms with Crippen molar-refractivity contribution in [2.45, 2.75) is 12.5 Å². The first-order valence-electron chi connectivity index (χ1n) is 4.07. The van der Waals surface area contributed by atoms with Crippen molar-refractivity contribution in [1.29, 1.82) is 0 Å². The zero-order valence-electron chi connectivity index (χ0n) is 6.97. The van der Waals surface area contributed by atoms with Crippen molar-refractivity contribution in [1.82, 2.24) is 9.71 Å². The summed E-state index contributed by atoms with van der Waals surface area (Å²) in [4.78, 5) is 3.94. The van der Waals surface area contributed by atoms with Gasteiger partial charge in [-0.2, -0.15) is 0 Å². The third kappa shape index (κ3) is 1.87. The highest BCUT2D eigenvalue weighted by atomic mass is 32.2. The highest BCUT2D eigenvalue weighted by Gasteiger charge is 2.27. The normalized spacial score (nSPS) is 26.0. The number of rotatable bonds is 1. The molecule has 0 spiro atoms. The minimum atomic E-state index is -3.02. The fourth-order valence-electron chi connectivity index (χ4n) is 1.42. The summed E-state index contributed by atoms with van der Waals surface area (Å²) in [6, 6.07) is 3.60. The number of sulfonamides is 1. The molecule has 70 valence electrons. The molecule has 0 bridgehead atoms.